The first-order chi connectivity index (χ1) is 12.5. The summed E-state index contributed by atoms with van der Waals surface area (Å²) in [4.78, 5) is 24.8. The van der Waals surface area contributed by atoms with Gasteiger partial charge < -0.3 is 10.6 Å². The zero-order valence-electron chi connectivity index (χ0n) is 15.0. The second-order valence-electron chi connectivity index (χ2n) is 6.61. The van der Waals surface area contributed by atoms with Gasteiger partial charge in [0.25, 0.3) is 11.8 Å². The molecule has 138 valence electrons. The number of anilines is 1. The van der Waals surface area contributed by atoms with Gasteiger partial charge in [-0.1, -0.05) is 31.0 Å². The molecule has 1 saturated carbocycles. The Hall–Kier alpha value is -2.34. The van der Waals surface area contributed by atoms with Gasteiger partial charge in [-0.05, 0) is 44.4 Å². The van der Waals surface area contributed by atoms with Gasteiger partial charge in [-0.15, -0.1) is 0 Å². The molecule has 7 heteroatoms. The molecule has 0 bridgehead atoms. The number of carbonyl (C=O) groups is 2. The third kappa shape index (κ3) is 4.25. The second kappa shape index (κ2) is 7.91. The summed E-state index contributed by atoms with van der Waals surface area (Å²) in [7, 11) is 0. The number of amides is 2. The summed E-state index contributed by atoms with van der Waals surface area (Å²) in [5, 5.41) is 10.5. The molecule has 1 aromatic heterocycles. The number of rotatable bonds is 7. The number of unbranched alkanes of at least 4 members (excludes halogenated alkanes) is 1. The minimum absolute atomic E-state index is 0.120. The molecule has 26 heavy (non-hydrogen) atoms. The van der Waals surface area contributed by atoms with Crippen LogP contribution in [-0.4, -0.2) is 27.6 Å². The summed E-state index contributed by atoms with van der Waals surface area (Å²) < 4.78 is 1.66. The van der Waals surface area contributed by atoms with Crippen molar-refractivity contribution in [2.45, 2.75) is 52.1 Å². The van der Waals surface area contributed by atoms with E-state index in [1.54, 1.807) is 35.9 Å². The lowest BCUT2D eigenvalue weighted by Crippen LogP contribution is -2.25. The fourth-order valence-corrected chi connectivity index (χ4v) is 3.04. The van der Waals surface area contributed by atoms with Gasteiger partial charge >= 0.3 is 0 Å². The summed E-state index contributed by atoms with van der Waals surface area (Å²) in [6.07, 6.45) is 4.02. The monoisotopic (exact) mass is 374 g/mol. The topological polar surface area (TPSA) is 76.0 Å². The van der Waals surface area contributed by atoms with Crippen LogP contribution in [0.2, 0.25) is 5.15 Å². The van der Waals surface area contributed by atoms with E-state index in [0.29, 0.717) is 34.2 Å². The Morgan fingerprint density at radius 2 is 2.08 bits per heavy atom. The van der Waals surface area contributed by atoms with Crippen molar-refractivity contribution >= 4 is 29.1 Å². The van der Waals surface area contributed by atoms with Crippen molar-refractivity contribution in [2.24, 2.45) is 0 Å². The summed E-state index contributed by atoms with van der Waals surface area (Å²) in [6.45, 7) is 4.53. The Morgan fingerprint density at radius 1 is 1.31 bits per heavy atom. The molecule has 2 aromatic rings. The number of halogens is 1. The van der Waals surface area contributed by atoms with Crippen molar-refractivity contribution in [3.8, 4) is 0 Å². The summed E-state index contributed by atoms with van der Waals surface area (Å²) in [6, 6.07) is 7.18. The van der Waals surface area contributed by atoms with E-state index in [4.69, 9.17) is 11.6 Å². The van der Waals surface area contributed by atoms with Crippen LogP contribution in [0.15, 0.2) is 24.3 Å². The Labute approximate surface area is 157 Å². The Kier molecular flexibility index (Phi) is 5.61. The molecule has 2 N–H and O–H groups in total. The molecule has 0 radical (unpaired) electrons. The van der Waals surface area contributed by atoms with E-state index in [2.05, 4.69) is 22.7 Å². The van der Waals surface area contributed by atoms with Crippen molar-refractivity contribution in [1.29, 1.82) is 0 Å². The third-order valence-electron chi connectivity index (χ3n) is 4.31. The van der Waals surface area contributed by atoms with Gasteiger partial charge in [0.1, 0.15) is 5.15 Å². The average molecular weight is 375 g/mol. The highest BCUT2D eigenvalue weighted by Gasteiger charge is 2.24. The lowest BCUT2D eigenvalue weighted by Gasteiger charge is -2.08. The van der Waals surface area contributed by atoms with Gasteiger partial charge in [-0.3, -0.25) is 14.3 Å². The van der Waals surface area contributed by atoms with Crippen LogP contribution < -0.4 is 10.6 Å². The number of aromatic nitrogens is 2. The van der Waals surface area contributed by atoms with Crippen LogP contribution in [0.5, 0.6) is 0 Å². The highest BCUT2D eigenvalue weighted by molar-refractivity contribution is 6.33. The maximum absolute atomic E-state index is 12.7. The van der Waals surface area contributed by atoms with Gasteiger partial charge in [0.15, 0.2) is 0 Å². The smallest absolute Gasteiger partial charge is 0.260 e. The first-order valence-electron chi connectivity index (χ1n) is 8.94. The molecular formula is C19H23ClN4O2. The van der Waals surface area contributed by atoms with Crippen LogP contribution in [0.1, 0.15) is 59.0 Å². The SMILES string of the molecule is CCCCn1nc(C)c(C(=O)Nc2cccc(C(=O)NC3CC3)c2)c1Cl. The molecule has 2 amide bonds. The normalized spacial score (nSPS) is 13.5. The number of nitrogens with one attached hydrogen (secondary N) is 2. The van der Waals surface area contributed by atoms with Gasteiger partial charge in [0.2, 0.25) is 0 Å². The first kappa shape index (κ1) is 18.5. The fourth-order valence-electron chi connectivity index (χ4n) is 2.70. The summed E-state index contributed by atoms with van der Waals surface area (Å²) in [5.74, 6) is -0.444. The van der Waals surface area contributed by atoms with Crippen LogP contribution in [0.4, 0.5) is 5.69 Å². The van der Waals surface area contributed by atoms with E-state index < -0.39 is 0 Å². The number of benzene rings is 1. The zero-order chi connectivity index (χ0) is 18.7. The van der Waals surface area contributed by atoms with Crippen molar-refractivity contribution in [3.05, 3.63) is 46.2 Å². The highest BCUT2D eigenvalue weighted by atomic mass is 35.5. The lowest BCUT2D eigenvalue weighted by atomic mass is 10.1. The van der Waals surface area contributed by atoms with E-state index in [1.807, 2.05) is 0 Å². The number of carbonyl (C=O) groups excluding carboxylic acids is 2. The third-order valence-corrected chi connectivity index (χ3v) is 4.70. The Balaban J connectivity index is 1.73. The van der Waals surface area contributed by atoms with Crippen LogP contribution >= 0.6 is 11.6 Å². The maximum Gasteiger partial charge on any atom is 0.260 e. The van der Waals surface area contributed by atoms with Gasteiger partial charge in [0, 0.05) is 23.8 Å². The fraction of sp³-hybridized carbons (Fsp3) is 0.421. The molecule has 0 spiro atoms. The Morgan fingerprint density at radius 3 is 2.77 bits per heavy atom. The molecule has 0 atom stereocenters. The molecule has 3 rings (SSSR count). The van der Waals surface area contributed by atoms with Crippen LogP contribution in [0, 0.1) is 6.92 Å². The van der Waals surface area contributed by atoms with Crippen LogP contribution in [0.25, 0.3) is 0 Å². The highest BCUT2D eigenvalue weighted by Crippen LogP contribution is 2.23. The molecule has 6 nitrogen and oxygen atoms in total. The predicted molar refractivity (Wildman–Crippen MR) is 102 cm³/mol. The van der Waals surface area contributed by atoms with Crippen LogP contribution in [0.3, 0.4) is 0 Å². The van der Waals surface area contributed by atoms with Crippen molar-refractivity contribution < 1.29 is 9.59 Å². The molecule has 1 aromatic carbocycles. The Bertz CT molecular complexity index is 827. The molecule has 1 fully saturated rings. The van der Waals surface area contributed by atoms with Gasteiger partial charge in [0.05, 0.1) is 11.3 Å². The van der Waals surface area contributed by atoms with Crippen molar-refractivity contribution in [3.63, 3.8) is 0 Å². The first-order valence-corrected chi connectivity index (χ1v) is 9.32. The molecule has 0 aliphatic heterocycles. The summed E-state index contributed by atoms with van der Waals surface area (Å²) in [5.41, 5.74) is 2.04. The molecule has 0 saturated heterocycles. The lowest BCUT2D eigenvalue weighted by molar-refractivity contribution is 0.0949. The number of aryl methyl sites for hydroxylation is 2. The average Bonchev–Trinajstić information content (AvgIpc) is 3.37. The minimum atomic E-state index is -0.324. The molecule has 1 aliphatic carbocycles. The maximum atomic E-state index is 12.7. The standard InChI is InChI=1S/C19H23ClN4O2/c1-3-4-10-24-17(20)16(12(2)23-24)19(26)22-15-7-5-6-13(11-15)18(25)21-14-8-9-14/h5-7,11,14H,3-4,8-10H2,1-2H3,(H,21,25)(H,22,26). The van der Waals surface area contributed by atoms with Crippen molar-refractivity contribution in [2.75, 3.05) is 5.32 Å². The number of hydrogen-bond donors (Lipinski definition) is 2. The van der Waals surface area contributed by atoms with Crippen molar-refractivity contribution in [1.82, 2.24) is 15.1 Å². The van der Waals surface area contributed by atoms with E-state index >= 15 is 0 Å². The second-order valence-corrected chi connectivity index (χ2v) is 6.97. The van der Waals surface area contributed by atoms with E-state index in [0.717, 1.165) is 25.7 Å². The van der Waals surface area contributed by atoms with Gasteiger partial charge in [-0.2, -0.15) is 5.10 Å². The molecule has 0 unspecified atom stereocenters. The number of hydrogen-bond acceptors (Lipinski definition) is 3. The summed E-state index contributed by atoms with van der Waals surface area (Å²) >= 11 is 6.35. The molecular weight excluding hydrogens is 352 g/mol. The zero-order valence-corrected chi connectivity index (χ0v) is 15.8. The van der Waals surface area contributed by atoms with E-state index in [9.17, 15) is 9.59 Å². The quantitative estimate of drug-likeness (QED) is 0.774. The molecule has 1 aliphatic rings. The van der Waals surface area contributed by atoms with Gasteiger partial charge in [-0.25, -0.2) is 0 Å². The predicted octanol–water partition coefficient (Wildman–Crippen LogP) is 3.79. The van der Waals surface area contributed by atoms with E-state index in [1.165, 1.54) is 0 Å². The van der Waals surface area contributed by atoms with Crippen LogP contribution in [-0.2, 0) is 6.54 Å². The minimum Gasteiger partial charge on any atom is -0.349 e. The largest absolute Gasteiger partial charge is 0.349 e. The molecule has 1 heterocycles. The van der Waals surface area contributed by atoms with E-state index in [-0.39, 0.29) is 17.9 Å². The number of nitrogens with zero attached hydrogens (tertiary/aromatic N) is 2.